The lowest BCUT2D eigenvalue weighted by atomic mass is 10.2. The fourth-order valence-electron chi connectivity index (χ4n) is 3.59. The third-order valence-corrected chi connectivity index (χ3v) is 7.82. The number of para-hydroxylation sites is 1. The Labute approximate surface area is 168 Å². The van der Waals surface area contributed by atoms with Crippen LogP contribution in [-0.4, -0.2) is 48.3 Å². The highest BCUT2D eigenvalue weighted by Gasteiger charge is 2.35. The maximum Gasteiger partial charge on any atom is 0.261 e. The van der Waals surface area contributed by atoms with Crippen LogP contribution in [0.5, 0.6) is 0 Å². The first-order valence-corrected chi connectivity index (χ1v) is 11.5. The van der Waals surface area contributed by atoms with Gasteiger partial charge in [0.2, 0.25) is 0 Å². The van der Waals surface area contributed by atoms with Gasteiger partial charge in [0.05, 0.1) is 11.4 Å². The van der Waals surface area contributed by atoms with Gasteiger partial charge in [-0.15, -0.1) is 11.3 Å². The van der Waals surface area contributed by atoms with Crippen molar-refractivity contribution in [1.29, 1.82) is 0 Å². The normalized spacial score (nSPS) is 16.4. The molecule has 0 radical (unpaired) electrons. The molecule has 0 bridgehead atoms. The van der Waals surface area contributed by atoms with E-state index >= 15 is 0 Å². The Morgan fingerprint density at radius 3 is 2.46 bits per heavy atom. The molecule has 1 aromatic carbocycles. The largest absolute Gasteiger partial charge is 0.367 e. The van der Waals surface area contributed by atoms with Crippen molar-refractivity contribution in [1.82, 2.24) is 13.7 Å². The van der Waals surface area contributed by atoms with E-state index in [9.17, 15) is 12.8 Å². The number of anilines is 1. The predicted octanol–water partition coefficient (Wildman–Crippen LogP) is 3.48. The number of rotatable bonds is 4. The van der Waals surface area contributed by atoms with Crippen molar-refractivity contribution in [3.8, 4) is 0 Å². The number of benzene rings is 1. The Bertz CT molecular complexity index is 1110. The first-order valence-electron chi connectivity index (χ1n) is 9.27. The zero-order chi connectivity index (χ0) is 20.1. The number of fused-ring (bicyclic) bond motifs is 1. The van der Waals surface area contributed by atoms with Gasteiger partial charge in [0.1, 0.15) is 5.82 Å². The Hall–Kier alpha value is -1.97. The van der Waals surface area contributed by atoms with Gasteiger partial charge in [-0.1, -0.05) is 26.0 Å². The highest BCUT2D eigenvalue weighted by molar-refractivity contribution is 7.89. The van der Waals surface area contributed by atoms with E-state index in [0.717, 1.165) is 4.88 Å². The maximum absolute atomic E-state index is 14.1. The summed E-state index contributed by atoms with van der Waals surface area (Å²) in [5, 5.41) is 0.265. The van der Waals surface area contributed by atoms with Crippen LogP contribution in [0.1, 0.15) is 30.3 Å². The van der Waals surface area contributed by atoms with Crippen LogP contribution in [0, 0.1) is 12.7 Å². The van der Waals surface area contributed by atoms with Gasteiger partial charge in [-0.05, 0) is 25.0 Å². The van der Waals surface area contributed by atoms with Crippen LogP contribution in [0.3, 0.4) is 0 Å². The second kappa shape index (κ2) is 7.13. The molecule has 3 aromatic rings. The molecule has 0 atom stereocenters. The van der Waals surface area contributed by atoms with Crippen molar-refractivity contribution >= 4 is 32.0 Å². The van der Waals surface area contributed by atoms with E-state index in [1.165, 1.54) is 21.7 Å². The zero-order valence-electron chi connectivity index (χ0n) is 16.1. The standard InChI is InChI=1S/C19H23FN4O2S2/c1-13(2)17-18(24-12-14(3)27-19(24)21-17)28(25,26)23-10-8-22(9-11-23)16-7-5-4-6-15(16)20/h4-7,12-13H,8-11H2,1-3H3. The molecule has 0 saturated carbocycles. The van der Waals surface area contributed by atoms with E-state index in [-0.39, 0.29) is 16.8 Å². The predicted molar refractivity (Wildman–Crippen MR) is 109 cm³/mol. The average molecular weight is 423 g/mol. The lowest BCUT2D eigenvalue weighted by Gasteiger charge is -2.35. The van der Waals surface area contributed by atoms with Gasteiger partial charge in [0, 0.05) is 37.3 Å². The molecule has 9 heteroatoms. The number of sulfonamides is 1. The monoisotopic (exact) mass is 422 g/mol. The number of hydrogen-bond donors (Lipinski definition) is 0. The third-order valence-electron chi connectivity index (χ3n) is 4.99. The summed E-state index contributed by atoms with van der Waals surface area (Å²) >= 11 is 1.49. The second-order valence-electron chi connectivity index (χ2n) is 7.29. The number of thiazole rings is 1. The minimum absolute atomic E-state index is 0.00288. The first-order chi connectivity index (χ1) is 13.3. The SMILES string of the molecule is Cc1cn2c(S(=O)(=O)N3CCN(c4ccccc4F)CC3)c(C(C)C)nc2s1. The van der Waals surface area contributed by atoms with Crippen LogP contribution >= 0.6 is 11.3 Å². The van der Waals surface area contributed by atoms with E-state index in [1.54, 1.807) is 22.6 Å². The average Bonchev–Trinajstić information content (AvgIpc) is 3.18. The van der Waals surface area contributed by atoms with Crippen LogP contribution in [0.25, 0.3) is 4.96 Å². The fourth-order valence-corrected chi connectivity index (χ4v) is 6.30. The molecule has 0 N–H and O–H groups in total. The van der Waals surface area contributed by atoms with Gasteiger partial charge in [0.25, 0.3) is 10.0 Å². The lowest BCUT2D eigenvalue weighted by molar-refractivity contribution is 0.380. The van der Waals surface area contributed by atoms with Crippen LogP contribution in [0.4, 0.5) is 10.1 Å². The highest BCUT2D eigenvalue weighted by atomic mass is 32.2. The first kappa shape index (κ1) is 19.4. The van der Waals surface area contributed by atoms with E-state index in [2.05, 4.69) is 4.98 Å². The van der Waals surface area contributed by atoms with Gasteiger partial charge in [-0.25, -0.2) is 17.8 Å². The van der Waals surface area contributed by atoms with Gasteiger partial charge in [0.15, 0.2) is 9.99 Å². The lowest BCUT2D eigenvalue weighted by Crippen LogP contribution is -2.49. The highest BCUT2D eigenvalue weighted by Crippen LogP contribution is 2.31. The van der Waals surface area contributed by atoms with Gasteiger partial charge in [-0.2, -0.15) is 4.31 Å². The summed E-state index contributed by atoms with van der Waals surface area (Å²) in [7, 11) is -3.70. The second-order valence-corrected chi connectivity index (χ2v) is 10.4. The summed E-state index contributed by atoms with van der Waals surface area (Å²) < 4.78 is 44.2. The molecule has 1 fully saturated rings. The Balaban J connectivity index is 1.64. The van der Waals surface area contributed by atoms with Gasteiger partial charge >= 0.3 is 0 Å². The van der Waals surface area contributed by atoms with Gasteiger partial charge < -0.3 is 4.90 Å². The van der Waals surface area contributed by atoms with Crippen LogP contribution < -0.4 is 4.90 Å². The van der Waals surface area contributed by atoms with Crippen molar-refractivity contribution in [3.05, 3.63) is 46.9 Å². The quantitative estimate of drug-likeness (QED) is 0.646. The number of imidazole rings is 1. The minimum Gasteiger partial charge on any atom is -0.367 e. The minimum atomic E-state index is -3.70. The smallest absolute Gasteiger partial charge is 0.261 e. The number of nitrogens with zero attached hydrogens (tertiary/aromatic N) is 4. The summed E-state index contributed by atoms with van der Waals surface area (Å²) in [6, 6.07) is 6.60. The number of piperazine rings is 1. The molecular weight excluding hydrogens is 399 g/mol. The van der Waals surface area contributed by atoms with Crippen molar-refractivity contribution in [3.63, 3.8) is 0 Å². The molecule has 2 aromatic heterocycles. The summed E-state index contributed by atoms with van der Waals surface area (Å²) in [5.41, 5.74) is 1.12. The number of aryl methyl sites for hydroxylation is 1. The Morgan fingerprint density at radius 1 is 1.14 bits per heavy atom. The zero-order valence-corrected chi connectivity index (χ0v) is 17.7. The van der Waals surface area contributed by atoms with Crippen LogP contribution in [0.2, 0.25) is 0 Å². The summed E-state index contributed by atoms with van der Waals surface area (Å²) in [6.07, 6.45) is 1.83. The van der Waals surface area contributed by atoms with Crippen molar-refractivity contribution < 1.29 is 12.8 Å². The maximum atomic E-state index is 14.1. The van der Waals surface area contributed by atoms with Crippen molar-refractivity contribution in [2.45, 2.75) is 31.7 Å². The topological polar surface area (TPSA) is 57.9 Å². The van der Waals surface area contributed by atoms with Crippen LogP contribution in [0.15, 0.2) is 35.5 Å². The Kier molecular flexibility index (Phi) is 4.93. The van der Waals surface area contributed by atoms with Crippen molar-refractivity contribution in [2.24, 2.45) is 0 Å². The van der Waals surface area contributed by atoms with Crippen molar-refractivity contribution in [2.75, 3.05) is 31.1 Å². The number of halogens is 1. The molecular formula is C19H23FN4O2S2. The molecule has 6 nitrogen and oxygen atoms in total. The fraction of sp³-hybridized carbons (Fsp3) is 0.421. The molecule has 3 heterocycles. The molecule has 1 aliphatic rings. The summed E-state index contributed by atoms with van der Waals surface area (Å²) in [4.78, 5) is 8.19. The molecule has 1 saturated heterocycles. The molecule has 0 amide bonds. The van der Waals surface area contributed by atoms with E-state index < -0.39 is 10.0 Å². The number of aromatic nitrogens is 2. The van der Waals surface area contributed by atoms with Gasteiger partial charge in [-0.3, -0.25) is 4.40 Å². The molecule has 0 unspecified atom stereocenters. The van der Waals surface area contributed by atoms with E-state index in [1.807, 2.05) is 31.9 Å². The number of hydrogen-bond acceptors (Lipinski definition) is 5. The molecule has 1 aliphatic heterocycles. The molecule has 4 rings (SSSR count). The van der Waals surface area contributed by atoms with Crippen LogP contribution in [-0.2, 0) is 10.0 Å². The molecule has 28 heavy (non-hydrogen) atoms. The van der Waals surface area contributed by atoms with E-state index in [4.69, 9.17) is 0 Å². The third kappa shape index (κ3) is 3.21. The Morgan fingerprint density at radius 2 is 1.82 bits per heavy atom. The van der Waals surface area contributed by atoms with E-state index in [0.29, 0.717) is 42.5 Å². The summed E-state index contributed by atoms with van der Waals surface area (Å²) in [5.74, 6) is -0.288. The molecule has 0 aliphatic carbocycles. The molecule has 0 spiro atoms. The summed E-state index contributed by atoms with van der Waals surface area (Å²) in [6.45, 7) is 7.36. The molecule has 150 valence electrons.